The highest BCUT2D eigenvalue weighted by Crippen LogP contribution is 2.36. The van der Waals surface area contributed by atoms with Gasteiger partial charge in [-0.25, -0.2) is 4.79 Å². The van der Waals surface area contributed by atoms with Crippen LogP contribution in [0.1, 0.15) is 18.0 Å². The number of ether oxygens (including phenoxy) is 1. The Morgan fingerprint density at radius 2 is 2.10 bits per heavy atom. The number of nitrogens with zero attached hydrogens (tertiary/aromatic N) is 1. The maximum absolute atomic E-state index is 12.2. The first-order chi connectivity index (χ1) is 10.1. The maximum atomic E-state index is 12.2. The summed E-state index contributed by atoms with van der Waals surface area (Å²) in [6, 6.07) is 8.14. The molecular weight excluding hydrogens is 288 g/mol. The summed E-state index contributed by atoms with van der Waals surface area (Å²) in [6.45, 7) is 0. The van der Waals surface area contributed by atoms with Crippen LogP contribution in [0.3, 0.4) is 0 Å². The van der Waals surface area contributed by atoms with Gasteiger partial charge in [0.05, 0.1) is 13.2 Å². The van der Waals surface area contributed by atoms with Crippen LogP contribution in [0, 0.1) is 0 Å². The number of hydrogen-bond donors (Lipinski definition) is 1. The summed E-state index contributed by atoms with van der Waals surface area (Å²) < 4.78 is 4.85. The van der Waals surface area contributed by atoms with Gasteiger partial charge in [0.15, 0.2) is 0 Å². The first-order valence-corrected chi connectivity index (χ1v) is 8.20. The average Bonchev–Trinajstić information content (AvgIpc) is 2.53. The number of likely N-dealkylation sites (tertiary alicyclic amines) is 1. The van der Waals surface area contributed by atoms with Gasteiger partial charge in [-0.1, -0.05) is 30.3 Å². The Morgan fingerprint density at radius 1 is 1.43 bits per heavy atom. The maximum Gasteiger partial charge on any atom is 0.328 e. The van der Waals surface area contributed by atoms with Gasteiger partial charge in [0.1, 0.15) is 12.1 Å². The van der Waals surface area contributed by atoms with Gasteiger partial charge in [0, 0.05) is 0 Å². The molecule has 1 saturated heterocycles. The molecule has 0 radical (unpaired) electrons. The molecule has 21 heavy (non-hydrogen) atoms. The van der Waals surface area contributed by atoms with Crippen molar-refractivity contribution in [3.8, 4) is 0 Å². The highest BCUT2D eigenvalue weighted by molar-refractivity contribution is 7.98. The van der Waals surface area contributed by atoms with Crippen molar-refractivity contribution in [2.45, 2.75) is 24.5 Å². The molecule has 0 aliphatic carbocycles. The zero-order chi connectivity index (χ0) is 15.4. The van der Waals surface area contributed by atoms with Gasteiger partial charge >= 0.3 is 5.97 Å². The van der Waals surface area contributed by atoms with Gasteiger partial charge < -0.3 is 15.4 Å². The Balaban J connectivity index is 2.25. The minimum Gasteiger partial charge on any atom is -0.467 e. The van der Waals surface area contributed by atoms with E-state index in [4.69, 9.17) is 10.5 Å². The van der Waals surface area contributed by atoms with E-state index >= 15 is 0 Å². The van der Waals surface area contributed by atoms with Gasteiger partial charge in [0.2, 0.25) is 5.91 Å². The van der Waals surface area contributed by atoms with Crippen LogP contribution in [0.5, 0.6) is 0 Å². The van der Waals surface area contributed by atoms with Crippen LogP contribution < -0.4 is 5.73 Å². The number of nitrogens with two attached hydrogens (primary N) is 1. The van der Waals surface area contributed by atoms with Gasteiger partial charge in [-0.05, 0) is 24.0 Å². The predicted molar refractivity (Wildman–Crippen MR) is 82.8 cm³/mol. The van der Waals surface area contributed by atoms with Gasteiger partial charge in [-0.15, -0.1) is 0 Å². The Hall–Kier alpha value is -1.53. The summed E-state index contributed by atoms with van der Waals surface area (Å²) in [5.74, 6) is 0.200. The summed E-state index contributed by atoms with van der Waals surface area (Å²) in [5.41, 5.74) is 6.90. The van der Waals surface area contributed by atoms with Crippen molar-refractivity contribution in [1.82, 2.24) is 4.90 Å². The Bertz CT molecular complexity index is 509. The van der Waals surface area contributed by atoms with E-state index in [2.05, 4.69) is 0 Å². The van der Waals surface area contributed by atoms with Crippen molar-refractivity contribution in [2.24, 2.45) is 5.73 Å². The standard InChI is InChI=1S/C15H20N2O3S/c1-20-15(19)11(8-9-21-2)17-13(12(16)14(17)18)10-6-4-3-5-7-10/h3-7,11-13H,8-9,16H2,1-2H3. The van der Waals surface area contributed by atoms with Crippen LogP contribution in [0.15, 0.2) is 30.3 Å². The number of hydrogen-bond acceptors (Lipinski definition) is 5. The second kappa shape index (κ2) is 6.95. The smallest absolute Gasteiger partial charge is 0.328 e. The topological polar surface area (TPSA) is 72.6 Å². The molecule has 5 nitrogen and oxygen atoms in total. The SMILES string of the molecule is COC(=O)C(CCSC)N1C(=O)C(N)C1c1ccccc1. The molecule has 1 aromatic carbocycles. The first kappa shape index (κ1) is 15.9. The summed E-state index contributed by atoms with van der Waals surface area (Å²) in [6.07, 6.45) is 2.53. The molecule has 1 aliphatic rings. The molecule has 114 valence electrons. The van der Waals surface area contributed by atoms with Crippen molar-refractivity contribution in [1.29, 1.82) is 0 Å². The number of rotatable bonds is 6. The third kappa shape index (κ3) is 3.06. The average molecular weight is 308 g/mol. The predicted octanol–water partition coefficient (Wildman–Crippen LogP) is 1.19. The lowest BCUT2D eigenvalue weighted by Crippen LogP contribution is -2.67. The monoisotopic (exact) mass is 308 g/mol. The fourth-order valence-electron chi connectivity index (χ4n) is 2.64. The van der Waals surface area contributed by atoms with E-state index in [0.717, 1.165) is 11.3 Å². The molecule has 1 heterocycles. The number of carbonyl (C=O) groups is 2. The van der Waals surface area contributed by atoms with Crippen molar-refractivity contribution in [3.63, 3.8) is 0 Å². The molecule has 3 unspecified atom stereocenters. The fourth-order valence-corrected chi connectivity index (χ4v) is 3.10. The van der Waals surface area contributed by atoms with Gasteiger partial charge in [-0.3, -0.25) is 4.79 Å². The Labute approximate surface area is 128 Å². The van der Waals surface area contributed by atoms with E-state index in [0.29, 0.717) is 6.42 Å². The quantitative estimate of drug-likeness (QED) is 0.631. The van der Waals surface area contributed by atoms with E-state index in [9.17, 15) is 9.59 Å². The third-order valence-corrected chi connectivity index (χ3v) is 4.37. The van der Waals surface area contributed by atoms with Crippen molar-refractivity contribution in [2.75, 3.05) is 19.1 Å². The van der Waals surface area contributed by atoms with E-state index in [1.54, 1.807) is 16.7 Å². The molecule has 0 spiro atoms. The Kier molecular flexibility index (Phi) is 5.25. The zero-order valence-electron chi connectivity index (χ0n) is 12.2. The molecule has 1 amide bonds. The second-order valence-corrected chi connectivity index (χ2v) is 5.93. The van der Waals surface area contributed by atoms with Crippen molar-refractivity contribution < 1.29 is 14.3 Å². The molecule has 2 N–H and O–H groups in total. The molecular formula is C15H20N2O3S. The summed E-state index contributed by atoms with van der Waals surface area (Å²) >= 11 is 1.63. The normalized spacial score (nSPS) is 22.6. The van der Waals surface area contributed by atoms with Gasteiger partial charge in [-0.2, -0.15) is 11.8 Å². The largest absolute Gasteiger partial charge is 0.467 e. The minimum absolute atomic E-state index is 0.194. The molecule has 0 aromatic heterocycles. The zero-order valence-corrected chi connectivity index (χ0v) is 13.0. The van der Waals surface area contributed by atoms with Crippen LogP contribution in [0.4, 0.5) is 0 Å². The summed E-state index contributed by atoms with van der Waals surface area (Å²) in [4.78, 5) is 25.7. The summed E-state index contributed by atoms with van der Waals surface area (Å²) in [5, 5.41) is 0. The molecule has 1 fully saturated rings. The second-order valence-electron chi connectivity index (χ2n) is 4.95. The number of thioether (sulfide) groups is 1. The highest BCUT2D eigenvalue weighted by atomic mass is 32.2. The van der Waals surface area contributed by atoms with E-state index in [1.807, 2.05) is 36.6 Å². The molecule has 0 bridgehead atoms. The highest BCUT2D eigenvalue weighted by Gasteiger charge is 2.50. The van der Waals surface area contributed by atoms with E-state index in [-0.39, 0.29) is 17.9 Å². The number of carbonyl (C=O) groups excluding carboxylic acids is 2. The lowest BCUT2D eigenvalue weighted by Gasteiger charge is -2.48. The lowest BCUT2D eigenvalue weighted by molar-refractivity contribution is -0.166. The fraction of sp³-hybridized carbons (Fsp3) is 0.467. The van der Waals surface area contributed by atoms with E-state index in [1.165, 1.54) is 7.11 Å². The third-order valence-electron chi connectivity index (χ3n) is 3.73. The van der Waals surface area contributed by atoms with Crippen LogP contribution in [-0.4, -0.2) is 48.0 Å². The van der Waals surface area contributed by atoms with Crippen LogP contribution in [-0.2, 0) is 14.3 Å². The van der Waals surface area contributed by atoms with Gasteiger partial charge in [0.25, 0.3) is 0 Å². The van der Waals surface area contributed by atoms with Crippen LogP contribution in [0.2, 0.25) is 0 Å². The van der Waals surface area contributed by atoms with Crippen LogP contribution in [0.25, 0.3) is 0 Å². The molecule has 6 heteroatoms. The molecule has 0 saturated carbocycles. The van der Waals surface area contributed by atoms with Crippen LogP contribution >= 0.6 is 11.8 Å². The number of amides is 1. The molecule has 2 rings (SSSR count). The lowest BCUT2D eigenvalue weighted by atomic mass is 9.86. The number of esters is 1. The number of methoxy groups -OCH3 is 1. The number of β-lactam (4-membered cyclic amide) rings is 1. The molecule has 1 aliphatic heterocycles. The Morgan fingerprint density at radius 3 is 2.67 bits per heavy atom. The number of benzene rings is 1. The minimum atomic E-state index is -0.589. The van der Waals surface area contributed by atoms with E-state index < -0.39 is 12.1 Å². The van der Waals surface area contributed by atoms with Crippen molar-refractivity contribution in [3.05, 3.63) is 35.9 Å². The molecule has 3 atom stereocenters. The first-order valence-electron chi connectivity index (χ1n) is 6.81. The van der Waals surface area contributed by atoms with Crippen molar-refractivity contribution >= 4 is 23.6 Å². The molecule has 1 aromatic rings. The summed E-state index contributed by atoms with van der Waals surface area (Å²) in [7, 11) is 1.34.